The van der Waals surface area contributed by atoms with E-state index in [9.17, 15) is 0 Å². The van der Waals surface area contributed by atoms with E-state index in [4.69, 9.17) is 14.2 Å². The molecule has 0 aromatic carbocycles. The van der Waals surface area contributed by atoms with Crippen LogP contribution in [0.3, 0.4) is 0 Å². The van der Waals surface area contributed by atoms with Crippen LogP contribution in [0.25, 0.3) is 0 Å². The molecule has 0 amide bonds. The molecular weight excluding hydrogens is 228 g/mol. The fraction of sp³-hybridized carbons (Fsp3) is 0.867. The Balaban J connectivity index is 1.95. The summed E-state index contributed by atoms with van der Waals surface area (Å²) in [5, 5.41) is 0. The molecule has 3 heteroatoms. The van der Waals surface area contributed by atoms with Crippen LogP contribution in [0.15, 0.2) is 11.6 Å². The van der Waals surface area contributed by atoms with Gasteiger partial charge < -0.3 is 14.2 Å². The van der Waals surface area contributed by atoms with E-state index in [0.29, 0.717) is 30.3 Å². The second-order valence-electron chi connectivity index (χ2n) is 5.71. The molecule has 0 bridgehead atoms. The van der Waals surface area contributed by atoms with Gasteiger partial charge in [-0.1, -0.05) is 11.6 Å². The number of ether oxygens (including phenoxy) is 3. The largest absolute Gasteiger partial charge is 0.381 e. The van der Waals surface area contributed by atoms with Gasteiger partial charge in [0.05, 0.1) is 24.4 Å². The second kappa shape index (κ2) is 6.18. The van der Waals surface area contributed by atoms with E-state index < -0.39 is 0 Å². The Bertz CT molecular complexity index is 284. The smallest absolute Gasteiger partial charge is 0.0922 e. The molecule has 2 fully saturated rings. The van der Waals surface area contributed by atoms with Gasteiger partial charge in [-0.3, -0.25) is 0 Å². The third kappa shape index (κ3) is 3.14. The summed E-state index contributed by atoms with van der Waals surface area (Å²) in [5.74, 6) is 0.407. The maximum absolute atomic E-state index is 5.87. The van der Waals surface area contributed by atoms with Crippen molar-refractivity contribution in [3.63, 3.8) is 0 Å². The van der Waals surface area contributed by atoms with Crippen molar-refractivity contribution in [1.82, 2.24) is 0 Å². The number of rotatable bonds is 5. The van der Waals surface area contributed by atoms with Crippen LogP contribution in [-0.4, -0.2) is 38.6 Å². The van der Waals surface area contributed by atoms with Gasteiger partial charge in [0.1, 0.15) is 0 Å². The van der Waals surface area contributed by atoms with Crippen molar-refractivity contribution < 1.29 is 14.2 Å². The first-order chi connectivity index (χ1) is 8.67. The van der Waals surface area contributed by atoms with Crippen LogP contribution in [-0.2, 0) is 14.2 Å². The van der Waals surface area contributed by atoms with Crippen LogP contribution in [0.1, 0.15) is 39.5 Å². The van der Waals surface area contributed by atoms with Crippen LogP contribution < -0.4 is 0 Å². The maximum atomic E-state index is 5.87. The second-order valence-corrected chi connectivity index (χ2v) is 5.71. The van der Waals surface area contributed by atoms with Gasteiger partial charge in [0.25, 0.3) is 0 Å². The molecule has 1 saturated carbocycles. The van der Waals surface area contributed by atoms with Gasteiger partial charge in [0, 0.05) is 20.1 Å². The molecule has 5 atom stereocenters. The number of allylic oxidation sites excluding steroid dienone is 1. The van der Waals surface area contributed by atoms with Crippen LogP contribution in [0.4, 0.5) is 0 Å². The molecule has 2 rings (SSSR count). The lowest BCUT2D eigenvalue weighted by Crippen LogP contribution is -2.42. The normalized spacial score (nSPS) is 39.4. The summed E-state index contributed by atoms with van der Waals surface area (Å²) < 4.78 is 17.1. The number of hydrogen-bond donors (Lipinski definition) is 0. The zero-order chi connectivity index (χ0) is 13.1. The van der Waals surface area contributed by atoms with E-state index in [0.717, 1.165) is 19.3 Å². The molecule has 0 aromatic rings. The molecule has 0 radical (unpaired) electrons. The highest BCUT2D eigenvalue weighted by Gasteiger charge is 2.51. The molecule has 0 aromatic heterocycles. The summed E-state index contributed by atoms with van der Waals surface area (Å²) in [6.45, 7) is 4.27. The Morgan fingerprint density at radius 2 is 1.78 bits per heavy atom. The molecule has 3 unspecified atom stereocenters. The lowest BCUT2D eigenvalue weighted by Gasteiger charge is -2.35. The standard InChI is InChI=1S/C15H26O3/c1-10(2)8-9-13-15(18-13)14-11(16-3)6-5-7-12(14)17-4/h8,11-15H,5-7,9H2,1-4H3/t11-,12?,13-,14?,15?/m1/s1. The van der Waals surface area contributed by atoms with Crippen molar-refractivity contribution in [2.45, 2.75) is 63.9 Å². The Hall–Kier alpha value is -0.380. The highest BCUT2D eigenvalue weighted by Crippen LogP contribution is 2.42. The summed E-state index contributed by atoms with van der Waals surface area (Å²) in [6.07, 6.45) is 8.05. The minimum Gasteiger partial charge on any atom is -0.381 e. The topological polar surface area (TPSA) is 31.0 Å². The molecule has 104 valence electrons. The third-order valence-corrected chi connectivity index (χ3v) is 4.20. The van der Waals surface area contributed by atoms with Crippen molar-refractivity contribution in [3.8, 4) is 0 Å². The SMILES string of the molecule is COC1CCC[C@@H](OC)C1C1O[C@@H]1CC=C(C)C. The third-order valence-electron chi connectivity index (χ3n) is 4.20. The Labute approximate surface area is 110 Å². The van der Waals surface area contributed by atoms with Crippen molar-refractivity contribution in [3.05, 3.63) is 11.6 Å². The van der Waals surface area contributed by atoms with Gasteiger partial charge in [-0.15, -0.1) is 0 Å². The van der Waals surface area contributed by atoms with E-state index in [1.807, 2.05) is 14.2 Å². The summed E-state index contributed by atoms with van der Waals surface area (Å²) >= 11 is 0. The molecule has 1 aliphatic heterocycles. The Morgan fingerprint density at radius 3 is 2.28 bits per heavy atom. The van der Waals surface area contributed by atoms with Crippen LogP contribution in [0.5, 0.6) is 0 Å². The molecule has 0 spiro atoms. The molecule has 1 aliphatic carbocycles. The fourth-order valence-corrected chi connectivity index (χ4v) is 3.15. The van der Waals surface area contributed by atoms with Crippen LogP contribution >= 0.6 is 0 Å². The first kappa shape index (κ1) is 14.0. The first-order valence-corrected chi connectivity index (χ1v) is 7.01. The average Bonchev–Trinajstić information content (AvgIpc) is 3.14. The first-order valence-electron chi connectivity index (χ1n) is 7.01. The highest BCUT2D eigenvalue weighted by atomic mass is 16.6. The van der Waals surface area contributed by atoms with E-state index >= 15 is 0 Å². The summed E-state index contributed by atoms with van der Waals surface area (Å²) in [6, 6.07) is 0. The summed E-state index contributed by atoms with van der Waals surface area (Å²) in [4.78, 5) is 0. The summed E-state index contributed by atoms with van der Waals surface area (Å²) in [7, 11) is 3.62. The minimum atomic E-state index is 0.297. The van der Waals surface area contributed by atoms with Crippen molar-refractivity contribution >= 4 is 0 Å². The van der Waals surface area contributed by atoms with Crippen molar-refractivity contribution in [2.24, 2.45) is 5.92 Å². The highest BCUT2D eigenvalue weighted by molar-refractivity contribution is 5.04. The van der Waals surface area contributed by atoms with E-state index in [1.165, 1.54) is 12.0 Å². The average molecular weight is 254 g/mol. The van der Waals surface area contributed by atoms with E-state index in [-0.39, 0.29) is 0 Å². The predicted molar refractivity (Wildman–Crippen MR) is 71.6 cm³/mol. The number of methoxy groups -OCH3 is 2. The molecule has 1 heterocycles. The predicted octanol–water partition coefficient (Wildman–Crippen LogP) is 2.94. The molecular formula is C15H26O3. The molecule has 1 saturated heterocycles. The van der Waals surface area contributed by atoms with Gasteiger partial charge in [0.2, 0.25) is 0 Å². The molecule has 3 nitrogen and oxygen atoms in total. The van der Waals surface area contributed by atoms with E-state index in [1.54, 1.807) is 0 Å². The number of epoxide rings is 1. The minimum absolute atomic E-state index is 0.297. The quantitative estimate of drug-likeness (QED) is 0.558. The van der Waals surface area contributed by atoms with Crippen LogP contribution in [0, 0.1) is 5.92 Å². The molecule has 18 heavy (non-hydrogen) atoms. The van der Waals surface area contributed by atoms with Gasteiger partial charge >= 0.3 is 0 Å². The van der Waals surface area contributed by atoms with Gasteiger partial charge in [0.15, 0.2) is 0 Å². The lowest BCUT2D eigenvalue weighted by atomic mass is 9.80. The van der Waals surface area contributed by atoms with Crippen molar-refractivity contribution in [1.29, 1.82) is 0 Å². The maximum Gasteiger partial charge on any atom is 0.0922 e. The fourth-order valence-electron chi connectivity index (χ4n) is 3.15. The Morgan fingerprint density at radius 1 is 1.17 bits per heavy atom. The lowest BCUT2D eigenvalue weighted by molar-refractivity contribution is -0.0722. The summed E-state index contributed by atoms with van der Waals surface area (Å²) in [5.41, 5.74) is 1.36. The Kier molecular flexibility index (Phi) is 4.82. The van der Waals surface area contributed by atoms with E-state index in [2.05, 4.69) is 19.9 Å². The van der Waals surface area contributed by atoms with Gasteiger partial charge in [-0.2, -0.15) is 0 Å². The molecule has 0 N–H and O–H groups in total. The van der Waals surface area contributed by atoms with Crippen molar-refractivity contribution in [2.75, 3.05) is 14.2 Å². The number of hydrogen-bond acceptors (Lipinski definition) is 3. The van der Waals surface area contributed by atoms with Gasteiger partial charge in [-0.05, 0) is 39.5 Å². The zero-order valence-electron chi connectivity index (χ0n) is 12.0. The molecule has 2 aliphatic rings. The monoisotopic (exact) mass is 254 g/mol. The zero-order valence-corrected chi connectivity index (χ0v) is 12.0. The van der Waals surface area contributed by atoms with Gasteiger partial charge in [-0.25, -0.2) is 0 Å². The van der Waals surface area contributed by atoms with Crippen LogP contribution in [0.2, 0.25) is 0 Å².